The molecule has 0 aliphatic carbocycles. The molecule has 3 rings (SSSR count). The van der Waals surface area contributed by atoms with Gasteiger partial charge in [-0.2, -0.15) is 0 Å². The van der Waals surface area contributed by atoms with E-state index in [-0.39, 0.29) is 22.3 Å². The number of carbonyl (C=O) groups excluding carboxylic acids is 1. The van der Waals surface area contributed by atoms with Crippen molar-refractivity contribution in [3.05, 3.63) is 64.2 Å². The van der Waals surface area contributed by atoms with E-state index in [0.29, 0.717) is 29.0 Å². The van der Waals surface area contributed by atoms with Crippen molar-refractivity contribution in [2.45, 2.75) is 20.0 Å². The average Bonchev–Trinajstić information content (AvgIpc) is 2.75. The number of halogens is 1. The standard InChI is InChI=1S/C23H24ClN3O4/c1-5-30-20-13-15(10-11-19(20)31-14(2)23(29)27(3)4)12-17(24)21-25-18-9-7-6-8-16(18)22(28)26-21/h6-14H,5H2,1-4H3,(H,25,26,28). The van der Waals surface area contributed by atoms with Crippen molar-refractivity contribution in [2.75, 3.05) is 20.7 Å². The van der Waals surface area contributed by atoms with E-state index >= 15 is 0 Å². The number of aromatic amines is 1. The molecule has 1 atom stereocenters. The topological polar surface area (TPSA) is 84.5 Å². The lowest BCUT2D eigenvalue weighted by Gasteiger charge is -2.20. The molecule has 3 aromatic rings. The SMILES string of the molecule is CCOc1cc(C=C(Cl)c2nc3ccccc3c(=O)[nH]2)ccc1OC(C)C(=O)N(C)C. The van der Waals surface area contributed by atoms with Gasteiger partial charge in [-0.15, -0.1) is 0 Å². The van der Waals surface area contributed by atoms with Crippen LogP contribution < -0.4 is 15.0 Å². The van der Waals surface area contributed by atoms with E-state index in [1.165, 1.54) is 4.90 Å². The van der Waals surface area contributed by atoms with Gasteiger partial charge in [0.15, 0.2) is 23.4 Å². The Labute approximate surface area is 185 Å². The van der Waals surface area contributed by atoms with Crippen molar-refractivity contribution in [1.29, 1.82) is 0 Å². The zero-order chi connectivity index (χ0) is 22.5. The van der Waals surface area contributed by atoms with Gasteiger partial charge in [-0.1, -0.05) is 29.8 Å². The van der Waals surface area contributed by atoms with Crippen LogP contribution in [0, 0.1) is 0 Å². The summed E-state index contributed by atoms with van der Waals surface area (Å²) >= 11 is 6.45. The van der Waals surface area contributed by atoms with Crippen molar-refractivity contribution in [3.8, 4) is 11.5 Å². The van der Waals surface area contributed by atoms with Crippen molar-refractivity contribution in [2.24, 2.45) is 0 Å². The summed E-state index contributed by atoms with van der Waals surface area (Å²) in [5, 5.41) is 0.771. The molecule has 7 nitrogen and oxygen atoms in total. The fourth-order valence-electron chi connectivity index (χ4n) is 3.00. The minimum atomic E-state index is -0.661. The smallest absolute Gasteiger partial charge is 0.262 e. The van der Waals surface area contributed by atoms with E-state index in [1.807, 2.05) is 13.0 Å². The average molecular weight is 442 g/mol. The maximum absolute atomic E-state index is 12.3. The first-order valence-electron chi connectivity index (χ1n) is 9.81. The number of nitrogens with zero attached hydrogens (tertiary/aromatic N) is 2. The van der Waals surface area contributed by atoms with Crippen LogP contribution >= 0.6 is 11.6 Å². The fraction of sp³-hybridized carbons (Fsp3) is 0.261. The van der Waals surface area contributed by atoms with E-state index in [1.54, 1.807) is 63.5 Å². The predicted molar refractivity (Wildman–Crippen MR) is 122 cm³/mol. The summed E-state index contributed by atoms with van der Waals surface area (Å²) in [5.41, 5.74) is 1.03. The molecule has 1 unspecified atom stereocenters. The minimum absolute atomic E-state index is 0.152. The third-order valence-corrected chi connectivity index (χ3v) is 4.78. The third kappa shape index (κ3) is 5.24. The van der Waals surface area contributed by atoms with Gasteiger partial charge in [-0.05, 0) is 49.8 Å². The maximum atomic E-state index is 12.3. The van der Waals surface area contributed by atoms with E-state index in [2.05, 4.69) is 9.97 Å². The lowest BCUT2D eigenvalue weighted by molar-refractivity contribution is -0.135. The Hall–Kier alpha value is -3.32. The van der Waals surface area contributed by atoms with Crippen LogP contribution in [0.4, 0.5) is 0 Å². The van der Waals surface area contributed by atoms with E-state index < -0.39 is 6.10 Å². The summed E-state index contributed by atoms with van der Waals surface area (Å²) in [6.07, 6.45) is 1.01. The van der Waals surface area contributed by atoms with Gasteiger partial charge in [0, 0.05) is 14.1 Å². The van der Waals surface area contributed by atoms with Crippen molar-refractivity contribution < 1.29 is 14.3 Å². The molecule has 0 aliphatic heterocycles. The zero-order valence-electron chi connectivity index (χ0n) is 17.8. The monoisotopic (exact) mass is 441 g/mol. The van der Waals surface area contributed by atoms with Gasteiger partial charge in [0.25, 0.3) is 11.5 Å². The van der Waals surface area contributed by atoms with Crippen molar-refractivity contribution in [3.63, 3.8) is 0 Å². The Morgan fingerprint density at radius 2 is 1.97 bits per heavy atom. The number of nitrogens with one attached hydrogen (secondary N) is 1. The summed E-state index contributed by atoms with van der Waals surface area (Å²) in [5.74, 6) is 1.06. The van der Waals surface area contributed by atoms with E-state index in [0.717, 1.165) is 5.56 Å². The Morgan fingerprint density at radius 1 is 1.23 bits per heavy atom. The molecule has 1 aromatic heterocycles. The van der Waals surface area contributed by atoms with Crippen molar-refractivity contribution >= 4 is 39.5 Å². The molecule has 0 spiro atoms. The molecule has 0 radical (unpaired) electrons. The van der Waals surface area contributed by atoms with E-state index in [9.17, 15) is 9.59 Å². The van der Waals surface area contributed by atoms with Crippen LogP contribution in [0.2, 0.25) is 0 Å². The van der Waals surface area contributed by atoms with Crippen LogP contribution in [0.5, 0.6) is 11.5 Å². The molecule has 1 N–H and O–H groups in total. The Bertz CT molecular complexity index is 1190. The summed E-state index contributed by atoms with van der Waals surface area (Å²) in [4.78, 5) is 33.0. The second-order valence-electron chi connectivity index (χ2n) is 7.06. The number of rotatable bonds is 7. The summed E-state index contributed by atoms with van der Waals surface area (Å²) in [6, 6.07) is 12.3. The van der Waals surface area contributed by atoms with Gasteiger partial charge in [-0.3, -0.25) is 9.59 Å². The predicted octanol–water partition coefficient (Wildman–Crippen LogP) is 3.91. The Balaban J connectivity index is 1.92. The first kappa shape index (κ1) is 22.4. The molecule has 8 heteroatoms. The number of para-hydroxylation sites is 1. The number of likely N-dealkylation sites (N-methyl/N-ethyl adjacent to an activating group) is 1. The highest BCUT2D eigenvalue weighted by molar-refractivity contribution is 6.50. The normalized spacial score (nSPS) is 12.5. The molecule has 0 fully saturated rings. The Kier molecular flexibility index (Phi) is 6.97. The second-order valence-corrected chi connectivity index (χ2v) is 7.46. The number of benzene rings is 2. The fourth-order valence-corrected chi connectivity index (χ4v) is 3.21. The van der Waals surface area contributed by atoms with Crippen LogP contribution in [-0.4, -0.2) is 47.6 Å². The van der Waals surface area contributed by atoms with E-state index in [4.69, 9.17) is 21.1 Å². The summed E-state index contributed by atoms with van der Waals surface area (Å²) in [6.45, 7) is 3.97. The number of H-pyrrole nitrogens is 1. The molecule has 1 amide bonds. The molecule has 0 saturated heterocycles. The van der Waals surface area contributed by atoms with Crippen LogP contribution in [0.3, 0.4) is 0 Å². The molecular weight excluding hydrogens is 418 g/mol. The number of hydrogen-bond acceptors (Lipinski definition) is 5. The lowest BCUT2D eigenvalue weighted by Crippen LogP contribution is -2.35. The molecular formula is C23H24ClN3O4. The Morgan fingerprint density at radius 3 is 2.68 bits per heavy atom. The van der Waals surface area contributed by atoms with Crippen LogP contribution in [0.25, 0.3) is 22.0 Å². The lowest BCUT2D eigenvalue weighted by atomic mass is 10.1. The summed E-state index contributed by atoms with van der Waals surface area (Å²) in [7, 11) is 3.35. The largest absolute Gasteiger partial charge is 0.490 e. The van der Waals surface area contributed by atoms with Gasteiger partial charge >= 0.3 is 0 Å². The third-order valence-electron chi connectivity index (χ3n) is 4.49. The number of carbonyl (C=O) groups is 1. The highest BCUT2D eigenvalue weighted by atomic mass is 35.5. The molecule has 0 bridgehead atoms. The molecule has 31 heavy (non-hydrogen) atoms. The molecule has 2 aromatic carbocycles. The number of hydrogen-bond donors (Lipinski definition) is 1. The number of aromatic nitrogens is 2. The van der Waals surface area contributed by atoms with Crippen molar-refractivity contribution in [1.82, 2.24) is 14.9 Å². The number of fused-ring (bicyclic) bond motifs is 1. The van der Waals surface area contributed by atoms with Gasteiger partial charge in [0.05, 0.1) is 22.5 Å². The van der Waals surface area contributed by atoms with Gasteiger partial charge < -0.3 is 19.4 Å². The van der Waals surface area contributed by atoms with Crippen LogP contribution in [0.1, 0.15) is 25.2 Å². The quantitative estimate of drug-likeness (QED) is 0.600. The van der Waals surface area contributed by atoms with Crippen LogP contribution in [0.15, 0.2) is 47.3 Å². The highest BCUT2D eigenvalue weighted by Crippen LogP contribution is 2.31. The molecule has 0 aliphatic rings. The zero-order valence-corrected chi connectivity index (χ0v) is 18.6. The molecule has 1 heterocycles. The minimum Gasteiger partial charge on any atom is -0.490 e. The number of ether oxygens (including phenoxy) is 2. The first-order chi connectivity index (χ1) is 14.8. The second kappa shape index (κ2) is 9.66. The van der Waals surface area contributed by atoms with Gasteiger partial charge in [-0.25, -0.2) is 4.98 Å². The highest BCUT2D eigenvalue weighted by Gasteiger charge is 2.19. The number of amides is 1. The first-order valence-corrected chi connectivity index (χ1v) is 10.2. The molecule has 0 saturated carbocycles. The summed E-state index contributed by atoms with van der Waals surface area (Å²) < 4.78 is 11.5. The van der Waals surface area contributed by atoms with Gasteiger partial charge in [0.2, 0.25) is 0 Å². The van der Waals surface area contributed by atoms with Gasteiger partial charge in [0.1, 0.15) is 0 Å². The maximum Gasteiger partial charge on any atom is 0.262 e. The van der Waals surface area contributed by atoms with Crippen LogP contribution in [-0.2, 0) is 4.79 Å². The molecule has 162 valence electrons.